The fourth-order valence-corrected chi connectivity index (χ4v) is 5.74. The van der Waals surface area contributed by atoms with Gasteiger partial charge >= 0.3 is 0 Å². The molecule has 4 rings (SSSR count). The number of nitrogens with two attached hydrogens (primary N) is 1. The van der Waals surface area contributed by atoms with Crippen molar-refractivity contribution in [2.45, 2.75) is 57.5 Å². The van der Waals surface area contributed by atoms with Gasteiger partial charge in [0.25, 0.3) is 15.9 Å². The number of anilines is 2. The minimum absolute atomic E-state index is 0.0494. The standard InChI is InChI=1S/C27H33N5O3S/c1-17(2)19-9-11-20(12-10-19)22-14-13-21(25(29-22)32-16-18(3)15-27(32,4)5)26(33)31-36(34,35)24-8-6-7-23(28)30-24/h6-14,17-18H,15-16H2,1-5H3,(H2,28,30)(H,31,33)/t18-/m1/s1. The number of carbonyl (C=O) groups is 1. The second-order valence-electron chi connectivity index (χ2n) is 10.4. The highest BCUT2D eigenvalue weighted by atomic mass is 32.2. The maximum atomic E-state index is 13.3. The molecular weight excluding hydrogens is 474 g/mol. The van der Waals surface area contributed by atoms with Crippen molar-refractivity contribution in [1.29, 1.82) is 0 Å². The zero-order valence-corrected chi connectivity index (χ0v) is 22.1. The first-order valence-corrected chi connectivity index (χ1v) is 13.5. The van der Waals surface area contributed by atoms with Crippen LogP contribution < -0.4 is 15.4 Å². The molecule has 0 radical (unpaired) electrons. The van der Waals surface area contributed by atoms with Crippen LogP contribution in [-0.4, -0.2) is 36.4 Å². The van der Waals surface area contributed by atoms with Crippen molar-refractivity contribution in [1.82, 2.24) is 14.7 Å². The zero-order chi connectivity index (χ0) is 26.3. The Bertz CT molecular complexity index is 1380. The van der Waals surface area contributed by atoms with Crippen molar-refractivity contribution in [3.63, 3.8) is 0 Å². The largest absolute Gasteiger partial charge is 0.384 e. The fourth-order valence-electron chi connectivity index (χ4n) is 4.80. The number of aromatic nitrogens is 2. The first kappa shape index (κ1) is 25.6. The minimum atomic E-state index is -4.22. The van der Waals surface area contributed by atoms with Gasteiger partial charge in [-0.15, -0.1) is 0 Å². The molecule has 0 bridgehead atoms. The molecule has 2 aromatic heterocycles. The number of benzene rings is 1. The zero-order valence-electron chi connectivity index (χ0n) is 21.3. The van der Waals surface area contributed by atoms with Crippen molar-refractivity contribution in [2.24, 2.45) is 5.92 Å². The van der Waals surface area contributed by atoms with E-state index >= 15 is 0 Å². The molecule has 8 nitrogen and oxygen atoms in total. The monoisotopic (exact) mass is 507 g/mol. The third-order valence-corrected chi connectivity index (χ3v) is 7.80. The summed E-state index contributed by atoms with van der Waals surface area (Å²) in [4.78, 5) is 24.2. The van der Waals surface area contributed by atoms with Gasteiger partial charge in [-0.2, -0.15) is 8.42 Å². The number of hydrogen-bond acceptors (Lipinski definition) is 7. The fraction of sp³-hybridized carbons (Fsp3) is 0.370. The predicted octanol–water partition coefficient (Wildman–Crippen LogP) is 4.59. The van der Waals surface area contributed by atoms with Crippen LogP contribution in [0.3, 0.4) is 0 Å². The summed E-state index contributed by atoms with van der Waals surface area (Å²) in [6.07, 6.45) is 0.925. The predicted molar refractivity (Wildman–Crippen MR) is 142 cm³/mol. The van der Waals surface area contributed by atoms with E-state index in [1.54, 1.807) is 12.1 Å². The van der Waals surface area contributed by atoms with Crippen LogP contribution in [0.2, 0.25) is 0 Å². The SMILES string of the molecule is CC(C)c1ccc(-c2ccc(C(=O)NS(=O)(=O)c3cccc(N)n3)c(N3C[C@H](C)CC3(C)C)n2)cc1. The Morgan fingerprint density at radius 2 is 1.78 bits per heavy atom. The van der Waals surface area contributed by atoms with E-state index in [9.17, 15) is 13.2 Å². The smallest absolute Gasteiger partial charge is 0.281 e. The van der Waals surface area contributed by atoms with E-state index in [0.717, 1.165) is 12.0 Å². The minimum Gasteiger partial charge on any atom is -0.384 e. The summed E-state index contributed by atoms with van der Waals surface area (Å²) >= 11 is 0. The van der Waals surface area contributed by atoms with Gasteiger partial charge in [0.05, 0.1) is 11.3 Å². The first-order chi connectivity index (χ1) is 16.9. The topological polar surface area (TPSA) is 118 Å². The van der Waals surface area contributed by atoms with Crippen molar-refractivity contribution >= 4 is 27.6 Å². The lowest BCUT2D eigenvalue weighted by molar-refractivity contribution is 0.0981. The lowest BCUT2D eigenvalue weighted by atomic mass is 9.97. The number of rotatable bonds is 6. The third-order valence-electron chi connectivity index (χ3n) is 6.57. The van der Waals surface area contributed by atoms with Crippen molar-refractivity contribution in [3.05, 3.63) is 65.7 Å². The van der Waals surface area contributed by atoms with E-state index in [4.69, 9.17) is 10.7 Å². The number of amides is 1. The highest BCUT2D eigenvalue weighted by Crippen LogP contribution is 2.38. The number of hydrogen-bond donors (Lipinski definition) is 2. The van der Waals surface area contributed by atoms with Crippen LogP contribution in [0, 0.1) is 5.92 Å². The Morgan fingerprint density at radius 3 is 2.36 bits per heavy atom. The highest BCUT2D eigenvalue weighted by molar-refractivity contribution is 7.90. The number of nitrogens with zero attached hydrogens (tertiary/aromatic N) is 3. The quantitative estimate of drug-likeness (QED) is 0.501. The van der Waals surface area contributed by atoms with Gasteiger partial charge in [0.15, 0.2) is 5.03 Å². The molecule has 1 aliphatic rings. The average molecular weight is 508 g/mol. The summed E-state index contributed by atoms with van der Waals surface area (Å²) in [5.74, 6) is 0.555. The third kappa shape index (κ3) is 5.21. The normalized spacial score (nSPS) is 17.4. The van der Waals surface area contributed by atoms with Gasteiger partial charge in [0.2, 0.25) is 0 Å². The summed E-state index contributed by atoms with van der Waals surface area (Å²) in [6, 6.07) is 15.8. The van der Waals surface area contributed by atoms with Crippen LogP contribution in [0.25, 0.3) is 11.3 Å². The maximum Gasteiger partial charge on any atom is 0.281 e. The van der Waals surface area contributed by atoms with Crippen LogP contribution >= 0.6 is 0 Å². The van der Waals surface area contributed by atoms with Gasteiger partial charge in [0.1, 0.15) is 11.6 Å². The Labute approximate surface area is 213 Å². The van der Waals surface area contributed by atoms with Crippen LogP contribution in [0.4, 0.5) is 11.6 Å². The molecule has 9 heteroatoms. The maximum absolute atomic E-state index is 13.3. The molecule has 1 amide bonds. The molecule has 0 aliphatic carbocycles. The second-order valence-corrected chi connectivity index (χ2v) is 12.0. The molecule has 0 saturated carbocycles. The Hall–Kier alpha value is -3.46. The van der Waals surface area contributed by atoms with Gasteiger partial charge in [-0.05, 0) is 61.9 Å². The molecule has 0 unspecified atom stereocenters. The van der Waals surface area contributed by atoms with Crippen molar-refractivity contribution < 1.29 is 13.2 Å². The van der Waals surface area contributed by atoms with Crippen molar-refractivity contribution in [2.75, 3.05) is 17.2 Å². The second kappa shape index (κ2) is 9.54. The number of carbonyl (C=O) groups excluding carboxylic acids is 1. The number of pyridine rings is 2. The lowest BCUT2D eigenvalue weighted by Crippen LogP contribution is -2.41. The molecule has 36 heavy (non-hydrogen) atoms. The molecule has 1 fully saturated rings. The molecule has 1 aliphatic heterocycles. The van der Waals surface area contributed by atoms with E-state index in [0.29, 0.717) is 29.9 Å². The Morgan fingerprint density at radius 1 is 1.08 bits per heavy atom. The van der Waals surface area contributed by atoms with E-state index in [1.807, 2.05) is 12.1 Å². The Balaban J connectivity index is 1.75. The summed E-state index contributed by atoms with van der Waals surface area (Å²) in [5, 5.41) is -0.317. The molecule has 1 aromatic carbocycles. The molecule has 3 heterocycles. The molecular formula is C27H33N5O3S. The van der Waals surface area contributed by atoms with Crippen LogP contribution in [-0.2, 0) is 10.0 Å². The van der Waals surface area contributed by atoms with Gasteiger partial charge in [-0.25, -0.2) is 14.7 Å². The van der Waals surface area contributed by atoms with Crippen LogP contribution in [0.15, 0.2) is 59.6 Å². The van der Waals surface area contributed by atoms with E-state index in [2.05, 4.69) is 61.4 Å². The van der Waals surface area contributed by atoms with Gasteiger partial charge in [-0.1, -0.05) is 51.1 Å². The molecule has 1 saturated heterocycles. The number of nitrogen functional groups attached to an aromatic ring is 1. The van der Waals surface area contributed by atoms with Crippen LogP contribution in [0.5, 0.6) is 0 Å². The Kier molecular flexibility index (Phi) is 6.79. The van der Waals surface area contributed by atoms with Crippen LogP contribution in [0.1, 0.15) is 62.9 Å². The van der Waals surface area contributed by atoms with Gasteiger partial charge < -0.3 is 10.6 Å². The van der Waals surface area contributed by atoms with Gasteiger partial charge in [0, 0.05) is 17.6 Å². The lowest BCUT2D eigenvalue weighted by Gasteiger charge is -2.34. The summed E-state index contributed by atoms with van der Waals surface area (Å²) in [6.45, 7) is 11.4. The summed E-state index contributed by atoms with van der Waals surface area (Å²) < 4.78 is 27.9. The molecule has 1 atom stereocenters. The summed E-state index contributed by atoms with van der Waals surface area (Å²) in [7, 11) is -4.22. The molecule has 0 spiro atoms. The molecule has 190 valence electrons. The van der Waals surface area contributed by atoms with Gasteiger partial charge in [-0.3, -0.25) is 4.79 Å². The highest BCUT2D eigenvalue weighted by Gasteiger charge is 2.39. The molecule has 3 N–H and O–H groups in total. The van der Waals surface area contributed by atoms with Crippen molar-refractivity contribution in [3.8, 4) is 11.3 Å². The number of nitrogens with one attached hydrogen (secondary N) is 1. The van der Waals surface area contributed by atoms with E-state index in [-0.39, 0.29) is 21.9 Å². The summed E-state index contributed by atoms with van der Waals surface area (Å²) in [5.41, 5.74) is 8.44. The van der Waals surface area contributed by atoms with E-state index in [1.165, 1.54) is 23.8 Å². The average Bonchev–Trinajstić information content (AvgIpc) is 3.10. The first-order valence-electron chi connectivity index (χ1n) is 12.1. The molecule has 3 aromatic rings. The number of sulfonamides is 1. The van der Waals surface area contributed by atoms with E-state index < -0.39 is 15.9 Å².